The summed E-state index contributed by atoms with van der Waals surface area (Å²) in [6.45, 7) is 2.02. The van der Waals surface area contributed by atoms with Gasteiger partial charge >= 0.3 is 0 Å². The number of hydrogen-bond donors (Lipinski definition) is 2. The number of hydrogen-bond acceptors (Lipinski definition) is 4. The van der Waals surface area contributed by atoms with Gasteiger partial charge in [-0.05, 0) is 38.1 Å². The third-order valence-electron chi connectivity index (χ3n) is 3.19. The smallest absolute Gasteiger partial charge is 0.199 e. The summed E-state index contributed by atoms with van der Waals surface area (Å²) >= 11 is 0. The maximum absolute atomic E-state index is 12.8. The molecular weight excluding hydrogens is 269 g/mol. The quantitative estimate of drug-likeness (QED) is 0.883. The average Bonchev–Trinajstić information content (AvgIpc) is 2.90. The molecule has 0 bridgehead atoms. The average molecular weight is 284 g/mol. The van der Waals surface area contributed by atoms with Crippen LogP contribution in [0, 0.1) is 5.82 Å². The van der Waals surface area contributed by atoms with Crippen LogP contribution in [0.2, 0.25) is 0 Å². The molecule has 3 heterocycles. The third kappa shape index (κ3) is 3.08. The lowest BCUT2D eigenvalue weighted by Crippen LogP contribution is -2.27. The number of nitrogens with zero attached hydrogens (tertiary/aromatic N) is 3. The Balaban J connectivity index is 0.00000133. The Hall–Kier alpha value is -1.53. The molecule has 2 aromatic heterocycles. The van der Waals surface area contributed by atoms with Crippen LogP contribution < -0.4 is 5.32 Å². The number of pyridine rings is 1. The fourth-order valence-corrected chi connectivity index (χ4v) is 2.17. The van der Waals surface area contributed by atoms with Gasteiger partial charge in [0.05, 0.1) is 6.20 Å². The van der Waals surface area contributed by atoms with Gasteiger partial charge in [-0.2, -0.15) is 5.10 Å². The Morgan fingerprint density at radius 2 is 2.00 bits per heavy atom. The number of H-pyrrole nitrogens is 1. The fraction of sp³-hybridized carbons (Fsp3) is 0.417. The number of aromatic amines is 1. The van der Waals surface area contributed by atoms with E-state index in [2.05, 4.69) is 25.5 Å². The van der Waals surface area contributed by atoms with Crippen LogP contribution in [-0.2, 0) is 0 Å². The van der Waals surface area contributed by atoms with Gasteiger partial charge < -0.3 is 5.32 Å². The summed E-state index contributed by atoms with van der Waals surface area (Å²) in [5.41, 5.74) is 0.591. The maximum atomic E-state index is 12.8. The molecule has 0 spiro atoms. The van der Waals surface area contributed by atoms with E-state index in [4.69, 9.17) is 0 Å². The van der Waals surface area contributed by atoms with Gasteiger partial charge in [0.15, 0.2) is 5.82 Å². The number of nitrogens with one attached hydrogen (secondary N) is 2. The molecular formula is C12H15ClFN5. The zero-order valence-corrected chi connectivity index (χ0v) is 11.1. The van der Waals surface area contributed by atoms with Gasteiger partial charge in [0.2, 0.25) is 0 Å². The highest BCUT2D eigenvalue weighted by Crippen LogP contribution is 2.23. The third-order valence-corrected chi connectivity index (χ3v) is 3.19. The molecule has 7 heteroatoms. The number of piperidine rings is 1. The van der Waals surface area contributed by atoms with Crippen molar-refractivity contribution >= 4 is 12.4 Å². The van der Waals surface area contributed by atoms with Gasteiger partial charge in [-0.25, -0.2) is 14.4 Å². The Morgan fingerprint density at radius 3 is 2.68 bits per heavy atom. The number of aromatic nitrogens is 4. The minimum absolute atomic E-state index is 0. The molecule has 0 aliphatic carbocycles. The minimum Gasteiger partial charge on any atom is -0.317 e. The van der Waals surface area contributed by atoms with Gasteiger partial charge in [0.1, 0.15) is 17.3 Å². The molecule has 0 amide bonds. The second-order valence-electron chi connectivity index (χ2n) is 4.43. The molecule has 0 unspecified atom stereocenters. The lowest BCUT2D eigenvalue weighted by atomic mass is 9.98. The highest BCUT2D eigenvalue weighted by atomic mass is 35.5. The molecule has 2 N–H and O–H groups in total. The summed E-state index contributed by atoms with van der Waals surface area (Å²) in [6, 6.07) is 2.95. The summed E-state index contributed by atoms with van der Waals surface area (Å²) in [4.78, 5) is 8.43. The maximum Gasteiger partial charge on any atom is 0.199 e. The molecule has 1 saturated heterocycles. The van der Waals surface area contributed by atoms with Crippen molar-refractivity contribution < 1.29 is 4.39 Å². The number of halogens is 2. The molecule has 1 aliphatic heterocycles. The molecule has 1 aliphatic rings. The van der Waals surface area contributed by atoms with Crippen molar-refractivity contribution in [2.24, 2.45) is 0 Å². The van der Waals surface area contributed by atoms with Crippen molar-refractivity contribution in [3.63, 3.8) is 0 Å². The van der Waals surface area contributed by atoms with Crippen molar-refractivity contribution in [1.82, 2.24) is 25.5 Å². The zero-order valence-electron chi connectivity index (χ0n) is 10.3. The first-order valence-corrected chi connectivity index (χ1v) is 6.08. The molecule has 0 saturated carbocycles. The van der Waals surface area contributed by atoms with E-state index in [9.17, 15) is 4.39 Å². The van der Waals surface area contributed by atoms with E-state index in [-0.39, 0.29) is 18.2 Å². The van der Waals surface area contributed by atoms with Gasteiger partial charge in [0, 0.05) is 5.92 Å². The molecule has 0 aromatic carbocycles. The lowest BCUT2D eigenvalue weighted by Gasteiger charge is -2.19. The Labute approximate surface area is 116 Å². The Bertz CT molecular complexity index is 521. The molecule has 1 fully saturated rings. The van der Waals surface area contributed by atoms with E-state index in [1.807, 2.05) is 0 Å². The largest absolute Gasteiger partial charge is 0.317 e. The monoisotopic (exact) mass is 283 g/mol. The van der Waals surface area contributed by atoms with Crippen LogP contribution >= 0.6 is 12.4 Å². The van der Waals surface area contributed by atoms with E-state index in [0.717, 1.165) is 31.8 Å². The topological polar surface area (TPSA) is 66.5 Å². The molecule has 3 rings (SSSR count). The van der Waals surface area contributed by atoms with Crippen molar-refractivity contribution in [2.75, 3.05) is 13.1 Å². The highest BCUT2D eigenvalue weighted by molar-refractivity contribution is 5.85. The Morgan fingerprint density at radius 1 is 1.21 bits per heavy atom. The van der Waals surface area contributed by atoms with Crippen molar-refractivity contribution in [1.29, 1.82) is 0 Å². The summed E-state index contributed by atoms with van der Waals surface area (Å²) in [5.74, 6) is 1.50. The van der Waals surface area contributed by atoms with Gasteiger partial charge in [0.25, 0.3) is 0 Å². The first-order chi connectivity index (χ1) is 8.83. The summed E-state index contributed by atoms with van der Waals surface area (Å²) in [6.07, 6.45) is 3.30. The highest BCUT2D eigenvalue weighted by Gasteiger charge is 2.19. The van der Waals surface area contributed by atoms with Crippen LogP contribution in [0.3, 0.4) is 0 Å². The van der Waals surface area contributed by atoms with E-state index in [1.54, 1.807) is 6.07 Å². The molecule has 0 radical (unpaired) electrons. The molecule has 102 valence electrons. The van der Waals surface area contributed by atoms with E-state index < -0.39 is 0 Å². The summed E-state index contributed by atoms with van der Waals surface area (Å²) in [5, 5.41) is 10.4. The van der Waals surface area contributed by atoms with Crippen molar-refractivity contribution in [3.8, 4) is 11.5 Å². The van der Waals surface area contributed by atoms with Crippen LogP contribution in [0.4, 0.5) is 4.39 Å². The standard InChI is InChI=1S/C12H14FN5.ClH/c13-9-1-2-10(15-7-9)12-16-11(17-18-12)8-3-5-14-6-4-8;/h1-2,7-8,14H,3-6H2,(H,16,17,18);1H. The fourth-order valence-electron chi connectivity index (χ4n) is 2.17. The van der Waals surface area contributed by atoms with E-state index in [1.165, 1.54) is 12.3 Å². The normalized spacial score (nSPS) is 16.1. The summed E-state index contributed by atoms with van der Waals surface area (Å²) in [7, 11) is 0. The summed E-state index contributed by atoms with van der Waals surface area (Å²) < 4.78 is 12.8. The van der Waals surface area contributed by atoms with Crippen molar-refractivity contribution in [2.45, 2.75) is 18.8 Å². The van der Waals surface area contributed by atoms with E-state index in [0.29, 0.717) is 17.4 Å². The first-order valence-electron chi connectivity index (χ1n) is 6.08. The second-order valence-corrected chi connectivity index (χ2v) is 4.43. The molecule has 5 nitrogen and oxygen atoms in total. The molecule has 19 heavy (non-hydrogen) atoms. The van der Waals surface area contributed by atoms with Crippen LogP contribution in [0.15, 0.2) is 18.3 Å². The zero-order chi connectivity index (χ0) is 12.4. The van der Waals surface area contributed by atoms with Crippen LogP contribution in [0.1, 0.15) is 24.6 Å². The Kier molecular flexibility index (Phi) is 4.44. The number of rotatable bonds is 2. The predicted molar refractivity (Wildman–Crippen MR) is 71.7 cm³/mol. The van der Waals surface area contributed by atoms with Crippen molar-refractivity contribution in [3.05, 3.63) is 30.0 Å². The first kappa shape index (κ1) is 13.9. The van der Waals surface area contributed by atoms with E-state index >= 15 is 0 Å². The van der Waals surface area contributed by atoms with Gasteiger partial charge in [-0.1, -0.05) is 0 Å². The lowest BCUT2D eigenvalue weighted by molar-refractivity contribution is 0.446. The predicted octanol–water partition coefficient (Wildman–Crippen LogP) is 1.89. The van der Waals surface area contributed by atoms with Crippen LogP contribution in [-0.4, -0.2) is 33.3 Å². The second kappa shape index (κ2) is 6.08. The minimum atomic E-state index is -0.354. The van der Waals surface area contributed by atoms with Crippen LogP contribution in [0.25, 0.3) is 11.5 Å². The SMILES string of the molecule is Cl.Fc1ccc(-c2n[nH]c(C3CCNCC3)n2)nc1. The molecule has 0 atom stereocenters. The van der Waals surface area contributed by atoms with Crippen LogP contribution in [0.5, 0.6) is 0 Å². The van der Waals surface area contributed by atoms with Gasteiger partial charge in [-0.15, -0.1) is 12.4 Å². The van der Waals surface area contributed by atoms with Gasteiger partial charge in [-0.3, -0.25) is 5.10 Å². The molecule has 2 aromatic rings.